The lowest BCUT2D eigenvalue weighted by molar-refractivity contribution is 0.0950. The van der Waals surface area contributed by atoms with E-state index in [1.54, 1.807) is 17.5 Å². The van der Waals surface area contributed by atoms with Crippen LogP contribution in [0.5, 0.6) is 0 Å². The molecule has 0 saturated heterocycles. The zero-order valence-electron chi connectivity index (χ0n) is 11.3. The Morgan fingerprint density at radius 3 is 2.79 bits per heavy atom. The van der Waals surface area contributed by atoms with Gasteiger partial charge in [-0.1, -0.05) is 6.07 Å². The number of likely N-dealkylation sites (N-methyl/N-ethyl adjacent to an activating group) is 1. The molecule has 0 saturated carbocycles. The van der Waals surface area contributed by atoms with Crippen LogP contribution in [0.4, 0.5) is 0 Å². The first-order valence-corrected chi connectivity index (χ1v) is 7.15. The van der Waals surface area contributed by atoms with Gasteiger partial charge in [0.2, 0.25) is 0 Å². The van der Waals surface area contributed by atoms with E-state index in [4.69, 9.17) is 0 Å². The van der Waals surface area contributed by atoms with Crippen molar-refractivity contribution in [3.8, 4) is 0 Å². The van der Waals surface area contributed by atoms with Crippen LogP contribution in [-0.4, -0.2) is 35.8 Å². The summed E-state index contributed by atoms with van der Waals surface area (Å²) in [5.41, 5.74) is 1.06. The quantitative estimate of drug-likeness (QED) is 0.759. The highest BCUT2D eigenvalue weighted by Gasteiger charge is 2.11. The van der Waals surface area contributed by atoms with E-state index in [1.807, 2.05) is 49.2 Å². The van der Waals surface area contributed by atoms with E-state index in [0.717, 1.165) is 23.5 Å². The number of ketones is 1. The highest BCUT2D eigenvalue weighted by Crippen LogP contribution is 2.15. The summed E-state index contributed by atoms with van der Waals surface area (Å²) in [6, 6.07) is 9.82. The van der Waals surface area contributed by atoms with Gasteiger partial charge < -0.3 is 0 Å². The van der Waals surface area contributed by atoms with Gasteiger partial charge in [-0.25, -0.2) is 0 Å². The number of aryl methyl sites for hydroxylation is 1. The van der Waals surface area contributed by atoms with Crippen molar-refractivity contribution >= 4 is 17.1 Å². The van der Waals surface area contributed by atoms with Crippen molar-refractivity contribution in [3.05, 3.63) is 52.0 Å². The average molecular weight is 274 g/mol. The second kappa shape index (κ2) is 6.59. The lowest BCUT2D eigenvalue weighted by atomic mass is 10.2. The van der Waals surface area contributed by atoms with Gasteiger partial charge in [0.05, 0.1) is 11.4 Å². The Labute approximate surface area is 117 Å². The fourth-order valence-corrected chi connectivity index (χ4v) is 2.64. The highest BCUT2D eigenvalue weighted by molar-refractivity contribution is 7.14. The third kappa shape index (κ3) is 4.26. The first-order valence-electron chi connectivity index (χ1n) is 6.33. The molecule has 3 nitrogen and oxygen atoms in total. The molecular formula is C15H18N2OS. The van der Waals surface area contributed by atoms with Gasteiger partial charge in [0, 0.05) is 29.7 Å². The topological polar surface area (TPSA) is 33.2 Å². The Hall–Kier alpha value is -1.52. The van der Waals surface area contributed by atoms with Crippen LogP contribution in [0.1, 0.15) is 20.2 Å². The van der Waals surface area contributed by atoms with Gasteiger partial charge in [-0.05, 0) is 38.2 Å². The van der Waals surface area contributed by atoms with Gasteiger partial charge in [0.1, 0.15) is 0 Å². The summed E-state index contributed by atoms with van der Waals surface area (Å²) >= 11 is 1.56. The fourth-order valence-electron chi connectivity index (χ4n) is 1.84. The summed E-state index contributed by atoms with van der Waals surface area (Å²) in [5.74, 6) is 0.196. The molecule has 4 heteroatoms. The summed E-state index contributed by atoms with van der Waals surface area (Å²) in [7, 11) is 1.97. The maximum atomic E-state index is 12.0. The lowest BCUT2D eigenvalue weighted by Crippen LogP contribution is -2.27. The molecule has 0 unspecified atom stereocenters. The van der Waals surface area contributed by atoms with E-state index in [-0.39, 0.29) is 5.78 Å². The predicted molar refractivity (Wildman–Crippen MR) is 78.8 cm³/mol. The van der Waals surface area contributed by atoms with Crippen LogP contribution >= 0.6 is 11.3 Å². The number of rotatable bonds is 6. The molecule has 0 amide bonds. The Kier molecular flexibility index (Phi) is 4.82. The summed E-state index contributed by atoms with van der Waals surface area (Å²) < 4.78 is 0. The van der Waals surface area contributed by atoms with E-state index in [1.165, 1.54) is 4.88 Å². The Bertz CT molecular complexity index is 536. The van der Waals surface area contributed by atoms with Crippen LogP contribution < -0.4 is 0 Å². The van der Waals surface area contributed by atoms with Crippen molar-refractivity contribution in [2.75, 3.05) is 20.1 Å². The normalized spacial score (nSPS) is 10.9. The largest absolute Gasteiger partial charge is 0.298 e. The molecule has 100 valence electrons. The van der Waals surface area contributed by atoms with Crippen LogP contribution in [0, 0.1) is 6.92 Å². The number of hydrogen-bond acceptors (Lipinski definition) is 4. The molecule has 0 atom stereocenters. The molecule has 2 aromatic rings. The molecule has 0 N–H and O–H groups in total. The molecular weight excluding hydrogens is 256 g/mol. The SMILES string of the molecule is Cc1ccc(C(=O)CN(C)CCc2ccccn2)s1. The molecule has 0 radical (unpaired) electrons. The first kappa shape index (κ1) is 13.9. The van der Waals surface area contributed by atoms with Crippen LogP contribution in [-0.2, 0) is 6.42 Å². The molecule has 0 aliphatic carbocycles. The second-order valence-electron chi connectivity index (χ2n) is 4.64. The summed E-state index contributed by atoms with van der Waals surface area (Å²) in [4.78, 5) is 20.4. The number of nitrogens with zero attached hydrogens (tertiary/aromatic N) is 2. The number of aromatic nitrogens is 1. The van der Waals surface area contributed by atoms with Gasteiger partial charge in [-0.15, -0.1) is 11.3 Å². The van der Waals surface area contributed by atoms with E-state index in [2.05, 4.69) is 4.98 Å². The van der Waals surface area contributed by atoms with E-state index < -0.39 is 0 Å². The monoisotopic (exact) mass is 274 g/mol. The summed E-state index contributed by atoms with van der Waals surface area (Å²) in [5, 5.41) is 0. The van der Waals surface area contributed by atoms with Gasteiger partial charge in [-0.2, -0.15) is 0 Å². The molecule has 19 heavy (non-hydrogen) atoms. The van der Waals surface area contributed by atoms with E-state index in [9.17, 15) is 4.79 Å². The first-order chi connectivity index (χ1) is 9.15. The molecule has 2 aromatic heterocycles. The smallest absolute Gasteiger partial charge is 0.186 e. The Morgan fingerprint density at radius 1 is 1.32 bits per heavy atom. The molecule has 2 heterocycles. The number of hydrogen-bond donors (Lipinski definition) is 0. The van der Waals surface area contributed by atoms with Crippen molar-refractivity contribution in [1.82, 2.24) is 9.88 Å². The average Bonchev–Trinajstić information content (AvgIpc) is 2.84. The molecule has 0 bridgehead atoms. The maximum Gasteiger partial charge on any atom is 0.186 e. The minimum Gasteiger partial charge on any atom is -0.298 e. The minimum atomic E-state index is 0.196. The van der Waals surface area contributed by atoms with Crippen molar-refractivity contribution in [3.63, 3.8) is 0 Å². The zero-order valence-corrected chi connectivity index (χ0v) is 12.1. The summed E-state index contributed by atoms with van der Waals surface area (Å²) in [6.45, 7) is 3.33. The summed E-state index contributed by atoms with van der Waals surface area (Å²) in [6.07, 6.45) is 2.67. The molecule has 0 spiro atoms. The third-order valence-electron chi connectivity index (χ3n) is 2.90. The number of Topliss-reactive ketones (excluding diaryl/α,β-unsaturated/α-hetero) is 1. The van der Waals surface area contributed by atoms with Crippen molar-refractivity contribution in [2.45, 2.75) is 13.3 Å². The van der Waals surface area contributed by atoms with Crippen LogP contribution in [0.3, 0.4) is 0 Å². The maximum absolute atomic E-state index is 12.0. The standard InChI is InChI=1S/C15H18N2OS/c1-12-6-7-15(19-12)14(18)11-17(2)10-8-13-5-3-4-9-16-13/h3-7,9H,8,10-11H2,1-2H3. The molecule has 0 aliphatic rings. The number of carbonyl (C=O) groups excluding carboxylic acids is 1. The van der Waals surface area contributed by atoms with E-state index >= 15 is 0 Å². The van der Waals surface area contributed by atoms with Crippen LogP contribution in [0.2, 0.25) is 0 Å². The molecule has 0 aromatic carbocycles. The van der Waals surface area contributed by atoms with Gasteiger partial charge in [0.25, 0.3) is 0 Å². The molecule has 2 rings (SSSR count). The van der Waals surface area contributed by atoms with Crippen molar-refractivity contribution in [1.29, 1.82) is 0 Å². The number of thiophene rings is 1. The Balaban J connectivity index is 1.81. The zero-order chi connectivity index (χ0) is 13.7. The Morgan fingerprint density at radius 2 is 2.16 bits per heavy atom. The second-order valence-corrected chi connectivity index (χ2v) is 5.93. The number of carbonyl (C=O) groups is 1. The van der Waals surface area contributed by atoms with Gasteiger partial charge in [-0.3, -0.25) is 14.7 Å². The predicted octanol–water partition coefficient (Wildman–Crippen LogP) is 2.81. The van der Waals surface area contributed by atoms with Crippen molar-refractivity contribution < 1.29 is 4.79 Å². The molecule has 0 aliphatic heterocycles. The van der Waals surface area contributed by atoms with Gasteiger partial charge in [0.15, 0.2) is 5.78 Å². The third-order valence-corrected chi connectivity index (χ3v) is 3.95. The van der Waals surface area contributed by atoms with E-state index in [0.29, 0.717) is 6.54 Å². The minimum absolute atomic E-state index is 0.196. The highest BCUT2D eigenvalue weighted by atomic mass is 32.1. The van der Waals surface area contributed by atoms with Crippen LogP contribution in [0.15, 0.2) is 36.5 Å². The fraction of sp³-hybridized carbons (Fsp3) is 0.333. The van der Waals surface area contributed by atoms with Crippen LogP contribution in [0.25, 0.3) is 0 Å². The van der Waals surface area contributed by atoms with Crippen molar-refractivity contribution in [2.24, 2.45) is 0 Å². The van der Waals surface area contributed by atoms with Gasteiger partial charge >= 0.3 is 0 Å². The number of pyridine rings is 1. The molecule has 0 fully saturated rings. The lowest BCUT2D eigenvalue weighted by Gasteiger charge is -2.14.